The van der Waals surface area contributed by atoms with Crippen molar-refractivity contribution >= 4 is 23.3 Å². The summed E-state index contributed by atoms with van der Waals surface area (Å²) in [5, 5.41) is 19.1. The smallest absolute Gasteiger partial charge is 0.236 e. The molecule has 2 aliphatic heterocycles. The van der Waals surface area contributed by atoms with E-state index in [1.165, 1.54) is 0 Å². The highest BCUT2D eigenvalue weighted by atomic mass is 35.5. The van der Waals surface area contributed by atoms with E-state index in [2.05, 4.69) is 35.6 Å². The number of carbonyl (C=O) groups is 1. The predicted octanol–water partition coefficient (Wildman–Crippen LogP) is 2.98. The number of aromatic nitrogens is 4. The Morgan fingerprint density at radius 2 is 2.00 bits per heavy atom. The molecule has 6 rings (SSSR count). The van der Waals surface area contributed by atoms with Gasteiger partial charge in [-0.15, -0.1) is 10.2 Å². The highest BCUT2D eigenvalue weighted by Gasteiger charge is 2.54. The first-order chi connectivity index (χ1) is 17.3. The molecule has 1 amide bonds. The van der Waals surface area contributed by atoms with Crippen molar-refractivity contribution in [3.63, 3.8) is 0 Å². The van der Waals surface area contributed by atoms with E-state index in [1.54, 1.807) is 25.1 Å². The summed E-state index contributed by atoms with van der Waals surface area (Å²) in [6, 6.07) is 13.6. The largest absolute Gasteiger partial charge is 0.355 e. The van der Waals surface area contributed by atoms with Gasteiger partial charge in [0.25, 0.3) is 0 Å². The lowest BCUT2D eigenvalue weighted by molar-refractivity contribution is -0.130. The van der Waals surface area contributed by atoms with E-state index in [0.717, 1.165) is 54.6 Å². The first-order valence-corrected chi connectivity index (χ1v) is 12.5. The van der Waals surface area contributed by atoms with Crippen LogP contribution in [-0.4, -0.2) is 69.2 Å². The van der Waals surface area contributed by atoms with Crippen LogP contribution in [0.2, 0.25) is 5.02 Å². The number of hydrogen-bond acceptors (Lipinski definition) is 7. The number of anilines is 1. The Morgan fingerprint density at radius 1 is 1.19 bits per heavy atom. The van der Waals surface area contributed by atoms with Crippen molar-refractivity contribution < 1.29 is 4.79 Å². The molecule has 0 N–H and O–H groups in total. The predicted molar refractivity (Wildman–Crippen MR) is 135 cm³/mol. The normalized spacial score (nSPS) is 18.4. The monoisotopic (exact) mass is 502 g/mol. The van der Waals surface area contributed by atoms with E-state index in [1.807, 2.05) is 30.3 Å². The second-order valence-corrected chi connectivity index (χ2v) is 10.9. The SMILES string of the molecule is CN(C)C(=O)CN1Cc2cc(Cl)ccc2-n2c(nnc2C2CC3(C2)CN(c2cccc(C#N)n2)C3)C1. The maximum atomic E-state index is 12.5. The van der Waals surface area contributed by atoms with Crippen molar-refractivity contribution in [1.29, 1.82) is 5.26 Å². The fourth-order valence-electron chi connectivity index (χ4n) is 5.81. The number of fused-ring (bicyclic) bond motifs is 3. The van der Waals surface area contributed by atoms with E-state index < -0.39 is 0 Å². The molecule has 10 heteroatoms. The fourth-order valence-corrected chi connectivity index (χ4v) is 6.01. The van der Waals surface area contributed by atoms with E-state index in [4.69, 9.17) is 16.9 Å². The highest BCUT2D eigenvalue weighted by molar-refractivity contribution is 6.30. The van der Waals surface area contributed by atoms with Crippen LogP contribution in [0.4, 0.5) is 5.82 Å². The van der Waals surface area contributed by atoms with Gasteiger partial charge in [-0.1, -0.05) is 17.7 Å². The molecule has 4 heterocycles. The average molecular weight is 503 g/mol. The summed E-state index contributed by atoms with van der Waals surface area (Å²) in [7, 11) is 3.55. The molecule has 0 radical (unpaired) electrons. The van der Waals surface area contributed by atoms with Crippen molar-refractivity contribution in [2.24, 2.45) is 5.41 Å². The second kappa shape index (κ2) is 8.57. The molecule has 2 fully saturated rings. The molecule has 184 valence electrons. The molecule has 36 heavy (non-hydrogen) atoms. The van der Waals surface area contributed by atoms with Crippen LogP contribution in [0.5, 0.6) is 0 Å². The summed E-state index contributed by atoms with van der Waals surface area (Å²) in [6.45, 7) is 3.37. The van der Waals surface area contributed by atoms with Gasteiger partial charge in [-0.3, -0.25) is 14.3 Å². The lowest BCUT2D eigenvalue weighted by Crippen LogP contribution is -2.62. The minimum Gasteiger partial charge on any atom is -0.355 e. The van der Waals surface area contributed by atoms with Crippen LogP contribution in [-0.2, 0) is 17.9 Å². The van der Waals surface area contributed by atoms with Gasteiger partial charge >= 0.3 is 0 Å². The third-order valence-corrected chi connectivity index (χ3v) is 7.84. The van der Waals surface area contributed by atoms with Gasteiger partial charge in [0.1, 0.15) is 23.4 Å². The van der Waals surface area contributed by atoms with Gasteiger partial charge < -0.3 is 9.80 Å². The molecule has 2 aromatic heterocycles. The highest BCUT2D eigenvalue weighted by Crippen LogP contribution is 2.56. The summed E-state index contributed by atoms with van der Waals surface area (Å²) in [5.41, 5.74) is 2.83. The standard InChI is InChI=1S/C26H27ClN8O/c1-32(2)24(36)14-33-12-17-8-19(27)6-7-21(17)35-23(13-33)30-31-25(35)18-9-26(10-18)15-34(16-26)22-5-3-4-20(11-28)29-22/h3-8,18H,9-10,12-16H2,1-2H3. The number of carbonyl (C=O) groups excluding carboxylic acids is 1. The average Bonchev–Trinajstić information content (AvgIpc) is 3.13. The zero-order chi connectivity index (χ0) is 25.0. The van der Waals surface area contributed by atoms with Crippen LogP contribution in [0.3, 0.4) is 0 Å². The van der Waals surface area contributed by atoms with Crippen molar-refractivity contribution in [3.8, 4) is 11.8 Å². The minimum absolute atomic E-state index is 0.0528. The summed E-state index contributed by atoms with van der Waals surface area (Å²) >= 11 is 6.36. The van der Waals surface area contributed by atoms with E-state index in [-0.39, 0.29) is 11.3 Å². The summed E-state index contributed by atoms with van der Waals surface area (Å²) in [4.78, 5) is 22.9. The molecule has 1 saturated carbocycles. The molecule has 0 bridgehead atoms. The lowest BCUT2D eigenvalue weighted by atomic mass is 9.57. The molecule has 9 nitrogen and oxygen atoms in total. The molecule has 0 unspecified atom stereocenters. The Kier molecular flexibility index (Phi) is 5.47. The van der Waals surface area contributed by atoms with Gasteiger partial charge in [-0.05, 0) is 48.7 Å². The molecule has 1 aliphatic carbocycles. The lowest BCUT2D eigenvalue weighted by Gasteiger charge is -2.59. The molecule has 3 aromatic rings. The van der Waals surface area contributed by atoms with Crippen molar-refractivity contribution in [3.05, 3.63) is 64.3 Å². The number of hydrogen-bond donors (Lipinski definition) is 0. The molecular weight excluding hydrogens is 476 g/mol. The van der Waals surface area contributed by atoms with Crippen LogP contribution in [0.1, 0.15) is 41.7 Å². The number of pyridine rings is 1. The number of likely N-dealkylation sites (N-methyl/N-ethyl adjacent to an activating group) is 1. The molecule has 1 aromatic carbocycles. The maximum Gasteiger partial charge on any atom is 0.236 e. The van der Waals surface area contributed by atoms with Crippen molar-refractivity contribution in [2.75, 3.05) is 38.6 Å². The molecule has 1 spiro atoms. The van der Waals surface area contributed by atoms with Crippen molar-refractivity contribution in [2.45, 2.75) is 31.8 Å². The van der Waals surface area contributed by atoms with Gasteiger partial charge in [0, 0.05) is 50.1 Å². The van der Waals surface area contributed by atoms with Gasteiger partial charge in [0.05, 0.1) is 18.8 Å². The van der Waals surface area contributed by atoms with E-state index in [9.17, 15) is 4.79 Å². The topological polar surface area (TPSA) is 94.2 Å². The number of nitrogens with zero attached hydrogens (tertiary/aromatic N) is 8. The quantitative estimate of drug-likeness (QED) is 0.541. The number of benzene rings is 1. The molecule has 3 aliphatic rings. The first kappa shape index (κ1) is 23.0. The van der Waals surface area contributed by atoms with Crippen LogP contribution in [0.15, 0.2) is 36.4 Å². The summed E-state index contributed by atoms with van der Waals surface area (Å²) < 4.78 is 2.19. The molecule has 0 atom stereocenters. The van der Waals surface area contributed by atoms with Crippen LogP contribution >= 0.6 is 11.6 Å². The van der Waals surface area contributed by atoms with Crippen LogP contribution in [0, 0.1) is 16.7 Å². The number of amides is 1. The number of nitriles is 1. The van der Waals surface area contributed by atoms with Gasteiger partial charge in [-0.2, -0.15) is 5.26 Å². The summed E-state index contributed by atoms with van der Waals surface area (Å²) in [6.07, 6.45) is 2.09. The third kappa shape index (κ3) is 3.91. The maximum absolute atomic E-state index is 12.5. The zero-order valence-electron chi connectivity index (χ0n) is 20.4. The van der Waals surface area contributed by atoms with Gasteiger partial charge in [0.2, 0.25) is 5.91 Å². The van der Waals surface area contributed by atoms with Gasteiger partial charge in [0.15, 0.2) is 5.82 Å². The number of halogens is 1. The Labute approximate surface area is 214 Å². The Hall–Kier alpha value is -3.48. The fraction of sp³-hybridized carbons (Fsp3) is 0.423. The van der Waals surface area contributed by atoms with Crippen molar-refractivity contribution in [1.82, 2.24) is 29.5 Å². The third-order valence-electron chi connectivity index (χ3n) is 7.60. The first-order valence-electron chi connectivity index (χ1n) is 12.1. The number of rotatable bonds is 4. The van der Waals surface area contributed by atoms with Crippen LogP contribution in [0.25, 0.3) is 5.69 Å². The Bertz CT molecular complexity index is 1380. The molecular formula is C26H27ClN8O. The van der Waals surface area contributed by atoms with Crippen LogP contribution < -0.4 is 4.90 Å². The van der Waals surface area contributed by atoms with Gasteiger partial charge in [-0.25, -0.2) is 4.98 Å². The Morgan fingerprint density at radius 3 is 2.75 bits per heavy atom. The minimum atomic E-state index is 0.0528. The Balaban J connectivity index is 1.22. The van der Waals surface area contributed by atoms with E-state index in [0.29, 0.717) is 36.3 Å². The second-order valence-electron chi connectivity index (χ2n) is 10.5. The van der Waals surface area contributed by atoms with E-state index >= 15 is 0 Å². The summed E-state index contributed by atoms with van der Waals surface area (Å²) in [5.74, 6) is 3.09. The molecule has 1 saturated heterocycles. The zero-order valence-corrected chi connectivity index (χ0v) is 21.1.